The monoisotopic (exact) mass is 367 g/mol. The molecule has 4 rings (SSSR count). The number of Topliss-reactive ketones (excluding diaryl/α,β-unsaturated/α-hetero) is 1. The van der Waals surface area contributed by atoms with Crippen molar-refractivity contribution in [3.63, 3.8) is 0 Å². The van der Waals surface area contributed by atoms with E-state index in [-0.39, 0.29) is 16.9 Å². The number of aromatic nitrogens is 1. The lowest BCUT2D eigenvalue weighted by atomic mass is 10.0. The Labute approximate surface area is 151 Å². The van der Waals surface area contributed by atoms with E-state index in [1.54, 1.807) is 24.3 Å². The van der Waals surface area contributed by atoms with Gasteiger partial charge in [-0.05, 0) is 30.3 Å². The van der Waals surface area contributed by atoms with Gasteiger partial charge in [-0.25, -0.2) is 9.78 Å². The third-order valence-electron chi connectivity index (χ3n) is 4.00. The first-order valence-corrected chi connectivity index (χ1v) is 7.91. The number of ketones is 1. The number of amides is 1. The number of halogens is 1. The summed E-state index contributed by atoms with van der Waals surface area (Å²) in [5.74, 6) is -2.13. The van der Waals surface area contributed by atoms with Gasteiger partial charge < -0.3 is 15.7 Å². The highest BCUT2D eigenvalue weighted by atomic mass is 35.5. The minimum Gasteiger partial charge on any atom is -0.478 e. The van der Waals surface area contributed by atoms with Crippen molar-refractivity contribution in [1.82, 2.24) is 4.98 Å². The Kier molecular flexibility index (Phi) is 3.59. The summed E-state index contributed by atoms with van der Waals surface area (Å²) < 4.78 is 0. The Morgan fingerprint density at radius 3 is 2.65 bits per heavy atom. The van der Waals surface area contributed by atoms with E-state index in [4.69, 9.17) is 11.6 Å². The SMILES string of the molecule is O=C1Nc2nc(Nc3cccc(Cl)c3)c3cc(C(=O)O)ccc3c2C1=O. The number of aromatic carboxylic acids is 1. The van der Waals surface area contributed by atoms with E-state index in [1.807, 2.05) is 0 Å². The maximum Gasteiger partial charge on any atom is 0.335 e. The molecule has 0 atom stereocenters. The van der Waals surface area contributed by atoms with E-state index in [9.17, 15) is 19.5 Å². The largest absolute Gasteiger partial charge is 0.478 e. The molecule has 0 saturated carbocycles. The van der Waals surface area contributed by atoms with Crippen molar-refractivity contribution in [2.24, 2.45) is 0 Å². The number of fused-ring (bicyclic) bond motifs is 3. The van der Waals surface area contributed by atoms with Crippen LogP contribution in [0.3, 0.4) is 0 Å². The molecule has 1 aliphatic heterocycles. The van der Waals surface area contributed by atoms with E-state index in [0.717, 1.165) is 0 Å². The molecule has 0 bridgehead atoms. The average Bonchev–Trinajstić information content (AvgIpc) is 2.89. The zero-order valence-corrected chi connectivity index (χ0v) is 13.8. The number of anilines is 3. The molecule has 0 unspecified atom stereocenters. The number of benzene rings is 2. The fourth-order valence-electron chi connectivity index (χ4n) is 2.84. The fraction of sp³-hybridized carbons (Fsp3) is 0. The lowest BCUT2D eigenvalue weighted by Crippen LogP contribution is -2.12. The number of rotatable bonds is 3. The highest BCUT2D eigenvalue weighted by molar-refractivity contribution is 6.53. The Balaban J connectivity index is 1.96. The molecular formula is C18H10ClN3O4. The molecule has 2 aromatic carbocycles. The first-order chi connectivity index (χ1) is 12.4. The van der Waals surface area contributed by atoms with Gasteiger partial charge in [0.15, 0.2) is 0 Å². The smallest absolute Gasteiger partial charge is 0.335 e. The van der Waals surface area contributed by atoms with Crippen molar-refractivity contribution in [2.45, 2.75) is 0 Å². The number of pyridine rings is 1. The summed E-state index contributed by atoms with van der Waals surface area (Å²) in [6.07, 6.45) is 0. The van der Waals surface area contributed by atoms with Crippen LogP contribution >= 0.6 is 11.6 Å². The molecule has 3 aromatic rings. The zero-order chi connectivity index (χ0) is 18.4. The first kappa shape index (κ1) is 16.0. The first-order valence-electron chi connectivity index (χ1n) is 7.53. The predicted molar refractivity (Wildman–Crippen MR) is 96.4 cm³/mol. The van der Waals surface area contributed by atoms with Crippen molar-refractivity contribution in [2.75, 3.05) is 10.6 Å². The van der Waals surface area contributed by atoms with E-state index in [2.05, 4.69) is 15.6 Å². The van der Waals surface area contributed by atoms with Crippen LogP contribution < -0.4 is 10.6 Å². The lowest BCUT2D eigenvalue weighted by Gasteiger charge is -2.12. The second-order valence-electron chi connectivity index (χ2n) is 5.67. The van der Waals surface area contributed by atoms with Crippen LogP contribution in [-0.2, 0) is 4.79 Å². The van der Waals surface area contributed by atoms with Gasteiger partial charge in [0.2, 0.25) is 0 Å². The summed E-state index contributed by atoms with van der Waals surface area (Å²) in [4.78, 5) is 39.5. The molecule has 1 aromatic heterocycles. The van der Waals surface area contributed by atoms with E-state index in [0.29, 0.717) is 27.3 Å². The van der Waals surface area contributed by atoms with Crippen LogP contribution in [0.5, 0.6) is 0 Å². The molecule has 0 fully saturated rings. The summed E-state index contributed by atoms with van der Waals surface area (Å²) >= 11 is 5.99. The maximum atomic E-state index is 12.1. The Morgan fingerprint density at radius 2 is 1.92 bits per heavy atom. The van der Waals surface area contributed by atoms with Crippen molar-refractivity contribution in [3.05, 3.63) is 58.6 Å². The van der Waals surface area contributed by atoms with Gasteiger partial charge >= 0.3 is 5.97 Å². The second kappa shape index (κ2) is 5.82. The molecule has 3 N–H and O–H groups in total. The number of carbonyl (C=O) groups is 3. The standard InChI is InChI=1S/C18H10ClN3O4/c19-9-2-1-3-10(7-9)20-15-12-6-8(18(25)26)4-5-11(12)13-14(23)17(24)22-16(13)21-15/h1-7H,(H,25,26)(H2,20,21,22,23,24). The molecule has 26 heavy (non-hydrogen) atoms. The summed E-state index contributed by atoms with van der Waals surface area (Å²) in [7, 11) is 0. The highest BCUT2D eigenvalue weighted by Gasteiger charge is 2.32. The second-order valence-corrected chi connectivity index (χ2v) is 6.10. The van der Waals surface area contributed by atoms with Crippen molar-refractivity contribution < 1.29 is 19.5 Å². The van der Waals surface area contributed by atoms with Crippen LogP contribution in [0.15, 0.2) is 42.5 Å². The van der Waals surface area contributed by atoms with Gasteiger partial charge in [0.05, 0.1) is 11.1 Å². The Morgan fingerprint density at radius 1 is 1.12 bits per heavy atom. The summed E-state index contributed by atoms with van der Waals surface area (Å²) in [6, 6.07) is 11.2. The number of hydrogen-bond donors (Lipinski definition) is 3. The van der Waals surface area contributed by atoms with Gasteiger partial charge in [0, 0.05) is 21.5 Å². The van der Waals surface area contributed by atoms with Crippen LogP contribution in [0.4, 0.5) is 17.3 Å². The number of carboxylic acid groups (broad SMARTS) is 1. The van der Waals surface area contributed by atoms with Gasteiger partial charge in [0.25, 0.3) is 11.7 Å². The van der Waals surface area contributed by atoms with E-state index >= 15 is 0 Å². The van der Waals surface area contributed by atoms with E-state index in [1.165, 1.54) is 18.2 Å². The Bertz CT molecular complexity index is 1130. The summed E-state index contributed by atoms with van der Waals surface area (Å²) in [6.45, 7) is 0. The molecule has 0 spiro atoms. The maximum absolute atomic E-state index is 12.1. The van der Waals surface area contributed by atoms with Gasteiger partial charge in [-0.3, -0.25) is 9.59 Å². The third kappa shape index (κ3) is 2.55. The molecule has 0 radical (unpaired) electrons. The molecule has 1 amide bonds. The van der Waals surface area contributed by atoms with Gasteiger partial charge in [-0.2, -0.15) is 0 Å². The van der Waals surface area contributed by atoms with Crippen LogP contribution in [0, 0.1) is 0 Å². The van der Waals surface area contributed by atoms with Gasteiger partial charge in [0.1, 0.15) is 11.6 Å². The van der Waals surface area contributed by atoms with Gasteiger partial charge in [-0.1, -0.05) is 23.7 Å². The van der Waals surface area contributed by atoms with Crippen molar-refractivity contribution in [3.8, 4) is 0 Å². The van der Waals surface area contributed by atoms with E-state index < -0.39 is 17.7 Å². The molecule has 128 valence electrons. The number of nitrogens with one attached hydrogen (secondary N) is 2. The van der Waals surface area contributed by atoms with Crippen LogP contribution in [-0.4, -0.2) is 27.8 Å². The van der Waals surface area contributed by atoms with Crippen molar-refractivity contribution in [1.29, 1.82) is 0 Å². The van der Waals surface area contributed by atoms with Crippen LogP contribution in [0.25, 0.3) is 10.8 Å². The van der Waals surface area contributed by atoms with Gasteiger partial charge in [-0.15, -0.1) is 0 Å². The minimum atomic E-state index is -1.11. The number of nitrogens with zero attached hydrogens (tertiary/aromatic N) is 1. The molecule has 1 aliphatic rings. The molecule has 2 heterocycles. The molecule has 0 saturated heterocycles. The fourth-order valence-corrected chi connectivity index (χ4v) is 3.03. The molecular weight excluding hydrogens is 358 g/mol. The molecule has 0 aliphatic carbocycles. The molecule has 7 nitrogen and oxygen atoms in total. The Hall–Kier alpha value is -3.45. The summed E-state index contributed by atoms with van der Waals surface area (Å²) in [5, 5.41) is 16.1. The third-order valence-corrected chi connectivity index (χ3v) is 4.24. The number of hydrogen-bond acceptors (Lipinski definition) is 5. The lowest BCUT2D eigenvalue weighted by molar-refractivity contribution is -0.112. The van der Waals surface area contributed by atoms with Crippen molar-refractivity contribution >= 4 is 57.4 Å². The number of carboxylic acids is 1. The topological polar surface area (TPSA) is 108 Å². The van der Waals surface area contributed by atoms with Crippen LogP contribution in [0.2, 0.25) is 5.02 Å². The predicted octanol–water partition coefficient (Wildman–Crippen LogP) is 3.46. The molecule has 8 heteroatoms. The number of carbonyl (C=O) groups excluding carboxylic acids is 2. The minimum absolute atomic E-state index is 0.0399. The normalized spacial score (nSPS) is 12.8. The highest BCUT2D eigenvalue weighted by Crippen LogP contribution is 2.35. The zero-order valence-electron chi connectivity index (χ0n) is 13.0. The summed E-state index contributed by atoms with van der Waals surface area (Å²) in [5.41, 5.74) is 0.805. The average molecular weight is 368 g/mol. The quantitative estimate of drug-likeness (QED) is 0.612. The van der Waals surface area contributed by atoms with Crippen LogP contribution in [0.1, 0.15) is 20.7 Å².